The molecule has 0 saturated carbocycles. The van der Waals surface area contributed by atoms with Gasteiger partial charge in [0.15, 0.2) is 5.58 Å². The summed E-state index contributed by atoms with van der Waals surface area (Å²) in [5.74, 6) is 0.278. The van der Waals surface area contributed by atoms with E-state index >= 15 is 0 Å². The van der Waals surface area contributed by atoms with E-state index in [-0.39, 0.29) is 5.82 Å². The highest BCUT2D eigenvalue weighted by atomic mass is 19.1. The van der Waals surface area contributed by atoms with Gasteiger partial charge in [-0.1, -0.05) is 17.3 Å². The van der Waals surface area contributed by atoms with Crippen molar-refractivity contribution in [2.45, 2.75) is 33.7 Å². The first kappa shape index (κ1) is 20.9. The molecular weight excluding hydrogens is 425 g/mol. The van der Waals surface area contributed by atoms with Gasteiger partial charge in [0, 0.05) is 16.5 Å². The molecule has 0 bridgehead atoms. The zero-order valence-electron chi connectivity index (χ0n) is 18.9. The number of halogens is 1. The van der Waals surface area contributed by atoms with Gasteiger partial charge in [0.1, 0.15) is 22.8 Å². The number of oxazole rings is 1. The van der Waals surface area contributed by atoms with Gasteiger partial charge in [0.25, 0.3) is 0 Å². The van der Waals surface area contributed by atoms with Crippen LogP contribution in [0.4, 0.5) is 4.39 Å². The van der Waals surface area contributed by atoms with Crippen LogP contribution in [-0.4, -0.2) is 21.8 Å². The van der Waals surface area contributed by atoms with Crippen molar-refractivity contribution in [1.82, 2.24) is 14.7 Å². The SMILES string of the molecule is COc1cc2c(cc1-c1c(C)noc1C)ncc1oc(=O)n([C@H](C)c3c(C)cccc3F)c12. The molecule has 0 radical (unpaired) electrons. The lowest BCUT2D eigenvalue weighted by atomic mass is 9.99. The first-order valence-electron chi connectivity index (χ1n) is 10.5. The second-order valence-electron chi connectivity index (χ2n) is 8.12. The molecule has 5 aromatic rings. The first-order chi connectivity index (χ1) is 15.8. The Hall–Kier alpha value is -3.94. The highest BCUT2D eigenvalue weighted by Gasteiger charge is 2.24. The van der Waals surface area contributed by atoms with Crippen molar-refractivity contribution in [2.75, 3.05) is 7.11 Å². The molecule has 2 aromatic carbocycles. The third-order valence-electron chi connectivity index (χ3n) is 6.14. The van der Waals surface area contributed by atoms with Crippen molar-refractivity contribution in [3.63, 3.8) is 0 Å². The summed E-state index contributed by atoms with van der Waals surface area (Å²) < 4.78 is 32.7. The molecule has 0 saturated heterocycles. The molecule has 0 unspecified atom stereocenters. The molecule has 0 spiro atoms. The predicted octanol–water partition coefficient (Wildman–Crippen LogP) is 5.48. The minimum absolute atomic E-state index is 0.320. The number of ether oxygens (including phenoxy) is 1. The molecule has 168 valence electrons. The summed E-state index contributed by atoms with van der Waals surface area (Å²) in [7, 11) is 1.57. The van der Waals surface area contributed by atoms with Gasteiger partial charge in [-0.25, -0.2) is 9.18 Å². The van der Waals surface area contributed by atoms with E-state index in [0.717, 1.165) is 22.4 Å². The highest BCUT2D eigenvalue weighted by molar-refractivity contribution is 6.04. The number of benzene rings is 2. The van der Waals surface area contributed by atoms with Gasteiger partial charge in [-0.05, 0) is 51.5 Å². The average molecular weight is 447 g/mol. The van der Waals surface area contributed by atoms with E-state index in [1.165, 1.54) is 16.8 Å². The Bertz CT molecular complexity index is 1560. The van der Waals surface area contributed by atoms with Crippen LogP contribution in [0.3, 0.4) is 0 Å². The number of rotatable bonds is 4. The smallest absolute Gasteiger partial charge is 0.420 e. The monoisotopic (exact) mass is 447 g/mol. The molecule has 0 aliphatic heterocycles. The van der Waals surface area contributed by atoms with Gasteiger partial charge in [-0.3, -0.25) is 9.55 Å². The molecule has 0 aliphatic carbocycles. The fraction of sp³-hybridized carbons (Fsp3) is 0.240. The maximum Gasteiger partial charge on any atom is 0.420 e. The number of fused-ring (bicyclic) bond motifs is 3. The number of aryl methyl sites for hydroxylation is 3. The summed E-state index contributed by atoms with van der Waals surface area (Å²) in [6, 6.07) is 7.96. The number of methoxy groups -OCH3 is 1. The lowest BCUT2D eigenvalue weighted by molar-refractivity contribution is 0.393. The van der Waals surface area contributed by atoms with Crippen molar-refractivity contribution in [2.24, 2.45) is 0 Å². The van der Waals surface area contributed by atoms with Crippen LogP contribution in [0.1, 0.15) is 35.5 Å². The van der Waals surface area contributed by atoms with E-state index in [0.29, 0.717) is 39.1 Å². The Balaban J connectivity index is 1.83. The summed E-state index contributed by atoms with van der Waals surface area (Å²) >= 11 is 0. The maximum atomic E-state index is 14.7. The summed E-state index contributed by atoms with van der Waals surface area (Å²) in [6.07, 6.45) is 1.51. The molecule has 0 amide bonds. The summed E-state index contributed by atoms with van der Waals surface area (Å²) in [4.78, 5) is 17.4. The third-order valence-corrected chi connectivity index (χ3v) is 6.14. The highest BCUT2D eigenvalue weighted by Crippen LogP contribution is 2.39. The lowest BCUT2D eigenvalue weighted by Crippen LogP contribution is -2.21. The topological polar surface area (TPSA) is 83.3 Å². The van der Waals surface area contributed by atoms with Crippen LogP contribution in [0, 0.1) is 26.6 Å². The van der Waals surface area contributed by atoms with E-state index in [2.05, 4.69) is 10.1 Å². The Morgan fingerprint density at radius 3 is 2.64 bits per heavy atom. The normalized spacial score (nSPS) is 12.5. The van der Waals surface area contributed by atoms with Crippen LogP contribution in [0.25, 0.3) is 33.1 Å². The molecular formula is C25H22FN3O4. The Morgan fingerprint density at radius 1 is 1.18 bits per heavy atom. The van der Waals surface area contributed by atoms with Gasteiger partial charge < -0.3 is 13.7 Å². The largest absolute Gasteiger partial charge is 0.496 e. The molecule has 7 nitrogen and oxygen atoms in total. The summed E-state index contributed by atoms with van der Waals surface area (Å²) in [6.45, 7) is 7.30. The van der Waals surface area contributed by atoms with Gasteiger partial charge in [0.05, 0.1) is 36.1 Å². The molecule has 0 N–H and O–H groups in total. The zero-order valence-corrected chi connectivity index (χ0v) is 18.9. The zero-order chi connectivity index (χ0) is 23.4. The molecule has 1 atom stereocenters. The van der Waals surface area contributed by atoms with Crippen molar-refractivity contribution in [1.29, 1.82) is 0 Å². The molecule has 8 heteroatoms. The Morgan fingerprint density at radius 2 is 1.97 bits per heavy atom. The number of hydrogen-bond acceptors (Lipinski definition) is 6. The third kappa shape index (κ3) is 3.13. The van der Waals surface area contributed by atoms with Gasteiger partial charge in [-0.15, -0.1) is 0 Å². The fourth-order valence-electron chi connectivity index (χ4n) is 4.63. The standard InChI is InChI=1S/C25H22FN3O4/c1-12-7-6-8-18(26)22(12)14(3)29-24-16-10-20(31-5)17(23-13(2)28-33-15(23)4)9-19(16)27-11-21(24)32-25(29)30/h6-11,14H,1-5H3/t14-/m1/s1. The molecule has 3 aromatic heterocycles. The molecule has 0 fully saturated rings. The minimum Gasteiger partial charge on any atom is -0.496 e. The minimum atomic E-state index is -0.598. The molecule has 5 rings (SSSR count). The van der Waals surface area contributed by atoms with Crippen LogP contribution in [0.2, 0.25) is 0 Å². The molecule has 33 heavy (non-hydrogen) atoms. The molecule has 3 heterocycles. The van der Waals surface area contributed by atoms with Crippen molar-refractivity contribution >= 4 is 22.0 Å². The lowest BCUT2D eigenvalue weighted by Gasteiger charge is -2.17. The molecule has 0 aliphatic rings. The quantitative estimate of drug-likeness (QED) is 0.363. The first-order valence-corrected chi connectivity index (χ1v) is 10.5. The fourth-order valence-corrected chi connectivity index (χ4v) is 4.63. The van der Waals surface area contributed by atoms with Gasteiger partial charge in [0.2, 0.25) is 0 Å². The number of nitrogens with zero attached hydrogens (tertiary/aromatic N) is 3. The Labute approximate surface area is 188 Å². The van der Waals surface area contributed by atoms with Crippen LogP contribution in [0.5, 0.6) is 5.75 Å². The van der Waals surface area contributed by atoms with Gasteiger partial charge in [-0.2, -0.15) is 0 Å². The maximum absolute atomic E-state index is 14.7. The van der Waals surface area contributed by atoms with Crippen molar-refractivity contribution in [3.05, 3.63) is 75.5 Å². The number of hydrogen-bond donors (Lipinski definition) is 0. The van der Waals surface area contributed by atoms with Crippen molar-refractivity contribution < 1.29 is 18.1 Å². The summed E-state index contributed by atoms with van der Waals surface area (Å²) in [5, 5.41) is 4.70. The van der Waals surface area contributed by atoms with Crippen LogP contribution in [0.15, 0.2) is 50.3 Å². The van der Waals surface area contributed by atoms with Crippen molar-refractivity contribution in [3.8, 4) is 16.9 Å². The Kier molecular flexibility index (Phi) is 4.81. The van der Waals surface area contributed by atoms with E-state index in [1.807, 2.05) is 39.0 Å². The summed E-state index contributed by atoms with van der Waals surface area (Å²) in [5.41, 5.74) is 5.01. The second kappa shape index (κ2) is 7.58. The van der Waals surface area contributed by atoms with E-state index in [9.17, 15) is 9.18 Å². The average Bonchev–Trinajstić information content (AvgIpc) is 3.30. The van der Waals surface area contributed by atoms with Crippen LogP contribution in [-0.2, 0) is 0 Å². The predicted molar refractivity (Wildman–Crippen MR) is 122 cm³/mol. The van der Waals surface area contributed by atoms with E-state index in [1.54, 1.807) is 20.1 Å². The number of pyridine rings is 1. The van der Waals surface area contributed by atoms with E-state index < -0.39 is 11.8 Å². The second-order valence-corrected chi connectivity index (χ2v) is 8.12. The van der Waals surface area contributed by atoms with Gasteiger partial charge >= 0.3 is 5.76 Å². The number of aromatic nitrogens is 3. The van der Waals surface area contributed by atoms with Crippen LogP contribution < -0.4 is 10.5 Å². The van der Waals surface area contributed by atoms with E-state index in [4.69, 9.17) is 13.7 Å². The van der Waals surface area contributed by atoms with Crippen LogP contribution >= 0.6 is 0 Å².